The maximum atomic E-state index is 11.4. The summed E-state index contributed by atoms with van der Waals surface area (Å²) in [4.78, 5) is 22.1. The minimum absolute atomic E-state index is 0. The number of nitrogens with one attached hydrogen (secondary N) is 2. The predicted molar refractivity (Wildman–Crippen MR) is 143 cm³/mol. The highest BCUT2D eigenvalue weighted by molar-refractivity contribution is 7.96. The third-order valence-electron chi connectivity index (χ3n) is 4.77. The second kappa shape index (κ2) is 14.3. The van der Waals surface area contributed by atoms with E-state index < -0.39 is 11.5 Å². The molecular formula is C23H38N4O5S2. The van der Waals surface area contributed by atoms with Gasteiger partial charge in [0.1, 0.15) is 12.2 Å². The molecule has 5 N–H and O–H groups in total. The molecule has 0 bridgehead atoms. The van der Waals surface area contributed by atoms with Crippen molar-refractivity contribution in [3.63, 3.8) is 0 Å². The zero-order chi connectivity index (χ0) is 25.3. The Morgan fingerprint density at radius 3 is 2.09 bits per heavy atom. The highest BCUT2D eigenvalue weighted by atomic mass is 32.2. The van der Waals surface area contributed by atoms with E-state index in [1.165, 1.54) is 6.26 Å². The maximum Gasteiger partial charge on any atom is 0.248 e. The van der Waals surface area contributed by atoms with Crippen LogP contribution in [0.5, 0.6) is 0 Å². The Morgan fingerprint density at radius 2 is 1.74 bits per heavy atom. The van der Waals surface area contributed by atoms with E-state index in [0.29, 0.717) is 17.9 Å². The van der Waals surface area contributed by atoms with E-state index in [1.54, 1.807) is 50.4 Å². The molecule has 11 heteroatoms. The van der Waals surface area contributed by atoms with E-state index in [-0.39, 0.29) is 25.3 Å². The van der Waals surface area contributed by atoms with Gasteiger partial charge in [-0.15, -0.1) is 0 Å². The summed E-state index contributed by atoms with van der Waals surface area (Å²) >= 11 is 1.10. The summed E-state index contributed by atoms with van der Waals surface area (Å²) in [5.41, 5.74) is 10.9. The Morgan fingerprint density at radius 1 is 1.21 bits per heavy atom. The zero-order valence-corrected chi connectivity index (χ0v) is 22.9. The van der Waals surface area contributed by atoms with Gasteiger partial charge in [-0.3, -0.25) is 13.9 Å². The number of hydrogen-bond acceptors (Lipinski definition) is 8. The first kappa shape index (κ1) is 31.8. The first-order valence-electron chi connectivity index (χ1n) is 10.6. The zero-order valence-electron chi connectivity index (χ0n) is 21.1. The molecule has 0 radical (unpaired) electrons. The SMILES string of the molecule is CC(C)c1cc(C(N)=O)cc(C(C)C)c1NC=O.CNOSN(C)c1cc(C(C)(C)O)co1.S. The summed E-state index contributed by atoms with van der Waals surface area (Å²) in [5, 5.41) is 12.5. The van der Waals surface area contributed by atoms with Gasteiger partial charge in [0.15, 0.2) is 0 Å². The molecule has 0 atom stereocenters. The van der Waals surface area contributed by atoms with Crippen molar-refractivity contribution in [3.05, 3.63) is 46.7 Å². The number of nitrogens with zero attached hydrogens (tertiary/aromatic N) is 1. The van der Waals surface area contributed by atoms with E-state index >= 15 is 0 Å². The Hall–Kier alpha value is -2.18. The molecule has 2 amide bonds. The van der Waals surface area contributed by atoms with Crippen LogP contribution in [0.3, 0.4) is 0 Å². The number of anilines is 2. The van der Waals surface area contributed by atoms with Crippen molar-refractivity contribution in [1.29, 1.82) is 0 Å². The lowest BCUT2D eigenvalue weighted by molar-refractivity contribution is -0.105. The Balaban J connectivity index is 0.000000632. The van der Waals surface area contributed by atoms with Crippen molar-refractivity contribution in [3.8, 4) is 0 Å². The van der Waals surface area contributed by atoms with Gasteiger partial charge in [-0.25, -0.2) is 4.28 Å². The number of rotatable bonds is 10. The van der Waals surface area contributed by atoms with Gasteiger partial charge in [-0.2, -0.15) is 19.0 Å². The van der Waals surface area contributed by atoms with Gasteiger partial charge in [0.25, 0.3) is 0 Å². The molecule has 2 rings (SSSR count). The molecule has 0 saturated carbocycles. The standard InChI is InChI=1S/C14H20N2O2.C9H16N2O3S.H2S/c1-8(2)11-5-10(14(15)18)6-12(9(3)4)13(11)16-7-17;1-9(2,12)7-5-8(13-6-7)11(4)15-14-10-3;/h5-9H,1-4H3,(H2,15,18)(H,16,17);5-6,10,12H,1-4H3;1H2. The van der Waals surface area contributed by atoms with Crippen molar-refractivity contribution in [2.24, 2.45) is 5.73 Å². The van der Waals surface area contributed by atoms with Gasteiger partial charge in [-0.05, 0) is 48.9 Å². The number of furan rings is 1. The number of carbonyl (C=O) groups is 2. The molecule has 2 aromatic rings. The lowest BCUT2D eigenvalue weighted by atomic mass is 9.90. The van der Waals surface area contributed by atoms with Crippen LogP contribution in [-0.2, 0) is 14.7 Å². The van der Waals surface area contributed by atoms with Crippen molar-refractivity contribution in [2.45, 2.75) is 59.0 Å². The summed E-state index contributed by atoms with van der Waals surface area (Å²) in [7, 11) is 3.47. The van der Waals surface area contributed by atoms with E-state index in [9.17, 15) is 14.7 Å². The average molecular weight is 515 g/mol. The van der Waals surface area contributed by atoms with Crippen LogP contribution in [0.4, 0.5) is 11.6 Å². The summed E-state index contributed by atoms with van der Waals surface area (Å²) in [6.07, 6.45) is 2.20. The van der Waals surface area contributed by atoms with Crippen molar-refractivity contribution in [2.75, 3.05) is 23.7 Å². The fraction of sp³-hybridized carbons (Fsp3) is 0.478. The van der Waals surface area contributed by atoms with E-state index in [4.69, 9.17) is 14.4 Å². The number of benzene rings is 1. The molecule has 192 valence electrons. The van der Waals surface area contributed by atoms with Crippen molar-refractivity contribution < 1.29 is 23.4 Å². The highest BCUT2D eigenvalue weighted by Gasteiger charge is 2.20. The number of carbonyl (C=O) groups excluding carboxylic acids is 2. The Bertz CT molecular complexity index is 897. The number of aliphatic hydroxyl groups is 1. The van der Waals surface area contributed by atoms with Gasteiger partial charge in [-0.1, -0.05) is 27.7 Å². The van der Waals surface area contributed by atoms with Crippen LogP contribution in [0.2, 0.25) is 0 Å². The molecule has 0 aliphatic heterocycles. The highest BCUT2D eigenvalue weighted by Crippen LogP contribution is 2.33. The summed E-state index contributed by atoms with van der Waals surface area (Å²) < 4.78 is 11.9. The van der Waals surface area contributed by atoms with E-state index in [0.717, 1.165) is 34.6 Å². The first-order chi connectivity index (χ1) is 15.3. The van der Waals surface area contributed by atoms with Crippen LogP contribution in [0.25, 0.3) is 0 Å². The van der Waals surface area contributed by atoms with E-state index in [2.05, 4.69) is 10.8 Å². The van der Waals surface area contributed by atoms with Crippen molar-refractivity contribution in [1.82, 2.24) is 5.48 Å². The van der Waals surface area contributed by atoms with E-state index in [1.807, 2.05) is 27.7 Å². The fourth-order valence-electron chi connectivity index (χ4n) is 2.91. The molecule has 0 fully saturated rings. The summed E-state index contributed by atoms with van der Waals surface area (Å²) in [6, 6.07) is 5.28. The van der Waals surface area contributed by atoms with Crippen LogP contribution in [-0.4, -0.2) is 31.5 Å². The van der Waals surface area contributed by atoms with Crippen LogP contribution in [0, 0.1) is 0 Å². The maximum absolute atomic E-state index is 11.4. The van der Waals surface area contributed by atoms with Crippen LogP contribution >= 0.6 is 25.7 Å². The third-order valence-corrected chi connectivity index (χ3v) is 5.41. The first-order valence-corrected chi connectivity index (χ1v) is 11.3. The van der Waals surface area contributed by atoms with Gasteiger partial charge in [0.2, 0.25) is 18.2 Å². The molecule has 9 nitrogen and oxygen atoms in total. The topological polar surface area (TPSA) is 130 Å². The van der Waals surface area contributed by atoms with Crippen LogP contribution in [0.15, 0.2) is 28.9 Å². The normalized spacial score (nSPS) is 10.9. The summed E-state index contributed by atoms with van der Waals surface area (Å²) in [5.74, 6) is 0.567. The fourth-order valence-corrected chi connectivity index (χ4v) is 3.26. The minimum Gasteiger partial charge on any atom is -0.447 e. The molecular weight excluding hydrogens is 476 g/mol. The lowest BCUT2D eigenvalue weighted by Crippen LogP contribution is -2.14. The van der Waals surface area contributed by atoms with Gasteiger partial charge in [0.05, 0.1) is 11.9 Å². The molecule has 34 heavy (non-hydrogen) atoms. The third kappa shape index (κ3) is 9.22. The van der Waals surface area contributed by atoms with Crippen LogP contribution < -0.4 is 20.8 Å². The van der Waals surface area contributed by atoms with Crippen LogP contribution in [0.1, 0.15) is 80.4 Å². The predicted octanol–water partition coefficient (Wildman–Crippen LogP) is 4.37. The minimum atomic E-state index is -0.892. The van der Waals surface area contributed by atoms with Gasteiger partial charge < -0.3 is 20.6 Å². The number of hydroxylamine groups is 1. The molecule has 0 aliphatic carbocycles. The van der Waals surface area contributed by atoms with Gasteiger partial charge in [0, 0.05) is 37.0 Å². The summed E-state index contributed by atoms with van der Waals surface area (Å²) in [6.45, 7) is 11.5. The quantitative estimate of drug-likeness (QED) is 0.159. The Labute approximate surface area is 213 Å². The number of nitrogens with two attached hydrogens (primary N) is 1. The number of amides is 2. The largest absolute Gasteiger partial charge is 0.447 e. The molecule has 0 saturated heterocycles. The Kier molecular flexibility index (Phi) is 13.4. The smallest absolute Gasteiger partial charge is 0.248 e. The number of primary amides is 1. The second-order valence-electron chi connectivity index (χ2n) is 8.56. The van der Waals surface area contributed by atoms with Crippen molar-refractivity contribution >= 4 is 49.6 Å². The molecule has 0 unspecified atom stereocenters. The molecule has 0 aliphatic rings. The monoisotopic (exact) mass is 514 g/mol. The molecule has 1 aromatic carbocycles. The molecule has 1 heterocycles. The lowest BCUT2D eigenvalue weighted by Gasteiger charge is -2.20. The second-order valence-corrected chi connectivity index (χ2v) is 9.42. The molecule has 1 aromatic heterocycles. The average Bonchev–Trinajstić information content (AvgIpc) is 3.23. The number of hydrogen-bond donors (Lipinski definition) is 4. The van der Waals surface area contributed by atoms with Gasteiger partial charge >= 0.3 is 0 Å². The molecule has 0 spiro atoms.